The number of nitrogens with zero attached hydrogens (tertiary/aromatic N) is 1. The summed E-state index contributed by atoms with van der Waals surface area (Å²) in [7, 11) is 0. The Kier molecular flexibility index (Phi) is 1.22. The summed E-state index contributed by atoms with van der Waals surface area (Å²) in [6.45, 7) is 0.106. The molecule has 0 fully saturated rings. The highest BCUT2D eigenvalue weighted by Crippen LogP contribution is 2.21. The van der Waals surface area contributed by atoms with E-state index in [1.54, 1.807) is 6.33 Å². The number of aromatic amines is 1. The molecule has 2 heterocycles. The number of imidazole rings is 1. The van der Waals surface area contributed by atoms with Crippen LogP contribution in [0.4, 0.5) is 0 Å². The number of hydrogen-bond donors (Lipinski definition) is 2. The number of aromatic nitrogens is 2. The van der Waals surface area contributed by atoms with Crippen molar-refractivity contribution in [3.63, 3.8) is 0 Å². The van der Waals surface area contributed by atoms with Gasteiger partial charge in [-0.1, -0.05) is 0 Å². The average Bonchev–Trinajstić information content (AvgIpc) is 2.42. The van der Waals surface area contributed by atoms with Gasteiger partial charge in [0.05, 0.1) is 18.5 Å². The highest BCUT2D eigenvalue weighted by Gasteiger charge is 2.00. The second-order valence-electron chi connectivity index (χ2n) is 1.99. The fourth-order valence-corrected chi connectivity index (χ4v) is 1.69. The van der Waals surface area contributed by atoms with Crippen molar-refractivity contribution in [1.82, 2.24) is 9.97 Å². The molecule has 0 aliphatic rings. The Morgan fingerprint density at radius 2 is 2.60 bits per heavy atom. The normalized spacial score (nSPS) is 10.9. The second kappa shape index (κ2) is 2.07. The van der Waals surface area contributed by atoms with E-state index in [-0.39, 0.29) is 6.61 Å². The molecular weight excluding hydrogens is 148 g/mol. The van der Waals surface area contributed by atoms with Crippen LogP contribution in [0.2, 0.25) is 0 Å². The van der Waals surface area contributed by atoms with Gasteiger partial charge in [0, 0.05) is 4.88 Å². The first-order chi connectivity index (χ1) is 4.90. The summed E-state index contributed by atoms with van der Waals surface area (Å²) >= 11 is 1.51. The van der Waals surface area contributed by atoms with Gasteiger partial charge in [0.15, 0.2) is 0 Å². The third kappa shape index (κ3) is 0.732. The molecule has 0 atom stereocenters. The number of fused-ring (bicyclic) bond motifs is 1. The first-order valence-corrected chi connectivity index (χ1v) is 3.74. The Morgan fingerprint density at radius 1 is 1.70 bits per heavy atom. The Hall–Kier alpha value is -0.870. The minimum atomic E-state index is 0.106. The maximum atomic E-state index is 8.73. The lowest BCUT2D eigenvalue weighted by atomic mass is 10.5. The minimum Gasteiger partial charge on any atom is -0.391 e. The van der Waals surface area contributed by atoms with Crippen molar-refractivity contribution in [3.8, 4) is 0 Å². The van der Waals surface area contributed by atoms with Crippen LogP contribution in [0, 0.1) is 0 Å². The van der Waals surface area contributed by atoms with Gasteiger partial charge in [-0.3, -0.25) is 0 Å². The van der Waals surface area contributed by atoms with E-state index in [9.17, 15) is 0 Å². The summed E-state index contributed by atoms with van der Waals surface area (Å²) in [5.41, 5.74) is 1.01. The number of thiophene rings is 1. The number of nitrogens with one attached hydrogen (secondary N) is 1. The van der Waals surface area contributed by atoms with Gasteiger partial charge >= 0.3 is 0 Å². The summed E-state index contributed by atoms with van der Waals surface area (Å²) in [5.74, 6) is 0. The van der Waals surface area contributed by atoms with Crippen molar-refractivity contribution in [2.45, 2.75) is 6.61 Å². The van der Waals surface area contributed by atoms with Crippen molar-refractivity contribution < 1.29 is 5.11 Å². The Labute approximate surface area is 61.3 Å². The molecular formula is C6H6N2OS. The van der Waals surface area contributed by atoms with E-state index in [2.05, 4.69) is 9.97 Å². The lowest BCUT2D eigenvalue weighted by Gasteiger charge is -1.80. The number of hydrogen-bond acceptors (Lipinski definition) is 3. The van der Waals surface area contributed by atoms with E-state index in [4.69, 9.17) is 5.11 Å². The van der Waals surface area contributed by atoms with Gasteiger partial charge in [0.25, 0.3) is 0 Å². The van der Waals surface area contributed by atoms with Crippen molar-refractivity contribution in [1.29, 1.82) is 0 Å². The summed E-state index contributed by atoms with van der Waals surface area (Å²) in [6.07, 6.45) is 1.66. The molecule has 2 aromatic rings. The first-order valence-electron chi connectivity index (χ1n) is 2.93. The number of rotatable bonds is 1. The van der Waals surface area contributed by atoms with Crippen LogP contribution in [0.3, 0.4) is 0 Å². The molecule has 0 radical (unpaired) electrons. The molecule has 0 bridgehead atoms. The molecule has 0 saturated heterocycles. The van der Waals surface area contributed by atoms with Crippen LogP contribution in [-0.4, -0.2) is 15.1 Å². The molecule has 0 aromatic carbocycles. The van der Waals surface area contributed by atoms with Crippen LogP contribution in [0.15, 0.2) is 12.4 Å². The van der Waals surface area contributed by atoms with E-state index in [1.165, 1.54) is 11.3 Å². The third-order valence-corrected chi connectivity index (χ3v) is 2.35. The monoisotopic (exact) mass is 154 g/mol. The van der Waals surface area contributed by atoms with Gasteiger partial charge < -0.3 is 10.1 Å². The molecule has 4 heteroatoms. The van der Waals surface area contributed by atoms with Gasteiger partial charge in [-0.2, -0.15) is 0 Å². The lowest BCUT2D eigenvalue weighted by molar-refractivity contribution is 0.285. The molecule has 2 aromatic heterocycles. The molecule has 10 heavy (non-hydrogen) atoms. The van der Waals surface area contributed by atoms with Gasteiger partial charge in [0.1, 0.15) is 4.83 Å². The van der Waals surface area contributed by atoms with Gasteiger partial charge in [-0.15, -0.1) is 11.3 Å². The predicted octanol–water partition coefficient (Wildman–Crippen LogP) is 1.12. The number of aliphatic hydroxyl groups excluding tert-OH is 1. The van der Waals surface area contributed by atoms with Crippen molar-refractivity contribution >= 4 is 21.7 Å². The lowest BCUT2D eigenvalue weighted by Crippen LogP contribution is -1.71. The van der Waals surface area contributed by atoms with Crippen molar-refractivity contribution in [2.24, 2.45) is 0 Å². The van der Waals surface area contributed by atoms with E-state index in [1.807, 2.05) is 6.07 Å². The van der Waals surface area contributed by atoms with E-state index in [0.29, 0.717) is 0 Å². The standard InChI is InChI=1S/C6H6N2OS/c9-2-4-1-5-6(10-4)8-3-7-5/h1,3,9H,2H2,(H,7,8). The Balaban J connectivity index is 2.67. The molecule has 0 aliphatic carbocycles. The average molecular weight is 154 g/mol. The summed E-state index contributed by atoms with van der Waals surface area (Å²) < 4.78 is 0. The molecule has 52 valence electrons. The maximum Gasteiger partial charge on any atom is 0.141 e. The zero-order chi connectivity index (χ0) is 6.97. The topological polar surface area (TPSA) is 48.9 Å². The van der Waals surface area contributed by atoms with E-state index >= 15 is 0 Å². The zero-order valence-corrected chi connectivity index (χ0v) is 5.98. The summed E-state index contributed by atoms with van der Waals surface area (Å²) in [6, 6.07) is 1.91. The number of H-pyrrole nitrogens is 1. The van der Waals surface area contributed by atoms with Crippen LogP contribution in [0.25, 0.3) is 10.3 Å². The van der Waals surface area contributed by atoms with Crippen LogP contribution in [-0.2, 0) is 6.61 Å². The first kappa shape index (κ1) is 5.88. The SMILES string of the molecule is OCc1cc2[nH]cnc2s1. The van der Waals surface area contributed by atoms with Gasteiger partial charge in [0.2, 0.25) is 0 Å². The predicted molar refractivity (Wildman–Crippen MR) is 39.9 cm³/mol. The maximum absolute atomic E-state index is 8.73. The molecule has 0 unspecified atom stereocenters. The van der Waals surface area contributed by atoms with Gasteiger partial charge in [-0.05, 0) is 6.07 Å². The minimum absolute atomic E-state index is 0.106. The Morgan fingerprint density at radius 3 is 3.30 bits per heavy atom. The van der Waals surface area contributed by atoms with Crippen LogP contribution < -0.4 is 0 Å². The smallest absolute Gasteiger partial charge is 0.141 e. The van der Waals surface area contributed by atoms with Crippen LogP contribution in [0.1, 0.15) is 4.88 Å². The van der Waals surface area contributed by atoms with Crippen molar-refractivity contribution in [3.05, 3.63) is 17.3 Å². The quantitative estimate of drug-likeness (QED) is 0.646. The zero-order valence-electron chi connectivity index (χ0n) is 5.16. The fraction of sp³-hybridized carbons (Fsp3) is 0.167. The number of aliphatic hydroxyl groups is 1. The van der Waals surface area contributed by atoms with Gasteiger partial charge in [-0.25, -0.2) is 4.98 Å². The molecule has 2 N–H and O–H groups in total. The van der Waals surface area contributed by atoms with E-state index < -0.39 is 0 Å². The third-order valence-electron chi connectivity index (χ3n) is 1.32. The Bertz CT molecular complexity index is 309. The van der Waals surface area contributed by atoms with Crippen molar-refractivity contribution in [2.75, 3.05) is 0 Å². The second-order valence-corrected chi connectivity index (χ2v) is 3.11. The molecule has 0 spiro atoms. The highest BCUT2D eigenvalue weighted by atomic mass is 32.1. The summed E-state index contributed by atoms with van der Waals surface area (Å²) in [5, 5.41) is 8.73. The van der Waals surface area contributed by atoms with E-state index in [0.717, 1.165) is 15.2 Å². The molecule has 0 aliphatic heterocycles. The van der Waals surface area contributed by atoms with Crippen LogP contribution in [0.5, 0.6) is 0 Å². The molecule has 3 nitrogen and oxygen atoms in total. The van der Waals surface area contributed by atoms with Crippen LogP contribution >= 0.6 is 11.3 Å². The fourth-order valence-electron chi connectivity index (χ4n) is 0.869. The molecule has 0 saturated carbocycles. The largest absolute Gasteiger partial charge is 0.391 e. The highest BCUT2D eigenvalue weighted by molar-refractivity contribution is 7.18. The molecule has 2 rings (SSSR count). The summed E-state index contributed by atoms with van der Waals surface area (Å²) in [4.78, 5) is 8.92. The molecule has 0 amide bonds.